The molecule has 1 fully saturated rings. The topological polar surface area (TPSA) is 29.0 Å². The molecule has 0 atom stereocenters. The Balaban J connectivity index is 1.70. The van der Waals surface area contributed by atoms with E-state index in [2.05, 4.69) is 28.3 Å². The molecule has 0 amide bonds. The van der Waals surface area contributed by atoms with E-state index in [1.165, 1.54) is 18.4 Å². The molecule has 2 N–H and O–H groups in total. The summed E-state index contributed by atoms with van der Waals surface area (Å²) in [6.07, 6.45) is 5.77. The highest BCUT2D eigenvalue weighted by Gasteiger charge is 2.13. The Morgan fingerprint density at radius 1 is 1.32 bits per heavy atom. The van der Waals surface area contributed by atoms with Crippen molar-refractivity contribution in [3.63, 3.8) is 0 Å². The second-order valence-corrected chi connectivity index (χ2v) is 6.33. The van der Waals surface area contributed by atoms with Gasteiger partial charge in [-0.1, -0.05) is 6.92 Å². The van der Waals surface area contributed by atoms with Gasteiger partial charge < -0.3 is 15.2 Å². The third-order valence-electron chi connectivity index (χ3n) is 4.60. The van der Waals surface area contributed by atoms with E-state index in [1.807, 2.05) is 6.07 Å². The standard InChI is InChI=1S/C18H26FN3/c1-2-9-22-13-15(17-10-16(19)3-4-18(17)22)12-21-11-14-5-7-20-8-6-14/h3-4,10,13-14,20-21H,2,5-9,11-12H2,1H3. The molecule has 3 nitrogen and oxygen atoms in total. The molecular weight excluding hydrogens is 277 g/mol. The van der Waals surface area contributed by atoms with Crippen molar-refractivity contribution in [2.45, 2.75) is 39.3 Å². The molecule has 1 aromatic carbocycles. The van der Waals surface area contributed by atoms with Crippen LogP contribution in [0.2, 0.25) is 0 Å². The lowest BCUT2D eigenvalue weighted by molar-refractivity contribution is 0.356. The maximum Gasteiger partial charge on any atom is 0.123 e. The van der Waals surface area contributed by atoms with Crippen molar-refractivity contribution < 1.29 is 4.39 Å². The van der Waals surface area contributed by atoms with Crippen LogP contribution in [-0.4, -0.2) is 24.2 Å². The third kappa shape index (κ3) is 3.50. The molecule has 2 aromatic rings. The first-order valence-electron chi connectivity index (χ1n) is 8.46. The Morgan fingerprint density at radius 2 is 2.14 bits per heavy atom. The number of hydrogen-bond acceptors (Lipinski definition) is 2. The number of benzene rings is 1. The smallest absolute Gasteiger partial charge is 0.123 e. The first kappa shape index (κ1) is 15.5. The van der Waals surface area contributed by atoms with Gasteiger partial charge in [-0.05, 0) is 68.6 Å². The molecular formula is C18H26FN3. The van der Waals surface area contributed by atoms with Gasteiger partial charge in [-0.3, -0.25) is 0 Å². The van der Waals surface area contributed by atoms with Crippen molar-refractivity contribution >= 4 is 10.9 Å². The van der Waals surface area contributed by atoms with Gasteiger partial charge >= 0.3 is 0 Å². The predicted octanol–water partition coefficient (Wildman–Crippen LogP) is 3.28. The zero-order chi connectivity index (χ0) is 15.4. The summed E-state index contributed by atoms with van der Waals surface area (Å²) in [6, 6.07) is 5.13. The molecule has 0 aliphatic carbocycles. The zero-order valence-corrected chi connectivity index (χ0v) is 13.4. The number of fused-ring (bicyclic) bond motifs is 1. The summed E-state index contributed by atoms with van der Waals surface area (Å²) < 4.78 is 15.8. The summed E-state index contributed by atoms with van der Waals surface area (Å²) in [7, 11) is 0. The Bertz CT molecular complexity index is 614. The summed E-state index contributed by atoms with van der Waals surface area (Å²) >= 11 is 0. The average molecular weight is 303 g/mol. The van der Waals surface area contributed by atoms with Gasteiger partial charge in [-0.25, -0.2) is 4.39 Å². The van der Waals surface area contributed by atoms with Gasteiger partial charge in [0.2, 0.25) is 0 Å². The predicted molar refractivity (Wildman–Crippen MR) is 89.5 cm³/mol. The first-order valence-corrected chi connectivity index (χ1v) is 8.46. The minimum Gasteiger partial charge on any atom is -0.347 e. The second-order valence-electron chi connectivity index (χ2n) is 6.33. The second kappa shape index (κ2) is 7.25. The van der Waals surface area contributed by atoms with Crippen LogP contribution in [0.25, 0.3) is 10.9 Å². The van der Waals surface area contributed by atoms with Crippen LogP contribution in [0, 0.1) is 11.7 Å². The van der Waals surface area contributed by atoms with Crippen molar-refractivity contribution in [1.29, 1.82) is 0 Å². The lowest BCUT2D eigenvalue weighted by Gasteiger charge is -2.22. The molecule has 0 spiro atoms. The highest BCUT2D eigenvalue weighted by atomic mass is 19.1. The summed E-state index contributed by atoms with van der Waals surface area (Å²) in [5, 5.41) is 8.02. The quantitative estimate of drug-likeness (QED) is 0.857. The molecule has 120 valence electrons. The molecule has 0 bridgehead atoms. The fourth-order valence-electron chi connectivity index (χ4n) is 3.41. The molecule has 3 rings (SSSR count). The number of rotatable bonds is 6. The van der Waals surface area contributed by atoms with E-state index in [4.69, 9.17) is 0 Å². The van der Waals surface area contributed by atoms with Crippen LogP contribution >= 0.6 is 0 Å². The summed E-state index contributed by atoms with van der Waals surface area (Å²) in [5.41, 5.74) is 2.35. The average Bonchev–Trinajstić information content (AvgIpc) is 2.86. The number of piperidine rings is 1. The minimum absolute atomic E-state index is 0.152. The Labute approximate surface area is 131 Å². The monoisotopic (exact) mass is 303 g/mol. The molecule has 1 aliphatic heterocycles. The largest absolute Gasteiger partial charge is 0.347 e. The maximum atomic E-state index is 13.6. The summed E-state index contributed by atoms with van der Waals surface area (Å²) in [6.45, 7) is 7.29. The fourth-order valence-corrected chi connectivity index (χ4v) is 3.41. The van der Waals surface area contributed by atoms with Crippen molar-refractivity contribution in [3.05, 3.63) is 35.8 Å². The van der Waals surface area contributed by atoms with E-state index >= 15 is 0 Å². The first-order chi connectivity index (χ1) is 10.8. The number of aryl methyl sites for hydroxylation is 1. The van der Waals surface area contributed by atoms with Crippen LogP contribution in [-0.2, 0) is 13.1 Å². The van der Waals surface area contributed by atoms with Crippen LogP contribution in [0.1, 0.15) is 31.7 Å². The van der Waals surface area contributed by atoms with Gasteiger partial charge in [0.05, 0.1) is 0 Å². The van der Waals surface area contributed by atoms with Crippen molar-refractivity contribution in [1.82, 2.24) is 15.2 Å². The highest BCUT2D eigenvalue weighted by molar-refractivity contribution is 5.84. The molecule has 4 heteroatoms. The van der Waals surface area contributed by atoms with Crippen molar-refractivity contribution in [2.24, 2.45) is 5.92 Å². The van der Waals surface area contributed by atoms with Gasteiger partial charge in [0.25, 0.3) is 0 Å². The molecule has 1 aliphatic rings. The lowest BCUT2D eigenvalue weighted by Crippen LogP contribution is -2.33. The molecule has 0 radical (unpaired) electrons. The summed E-state index contributed by atoms with van der Waals surface area (Å²) in [4.78, 5) is 0. The van der Waals surface area contributed by atoms with Crippen LogP contribution in [0.3, 0.4) is 0 Å². The van der Waals surface area contributed by atoms with E-state index in [0.717, 1.165) is 56.0 Å². The van der Waals surface area contributed by atoms with E-state index in [0.29, 0.717) is 0 Å². The number of aromatic nitrogens is 1. The normalized spacial score (nSPS) is 16.5. The van der Waals surface area contributed by atoms with Crippen molar-refractivity contribution in [2.75, 3.05) is 19.6 Å². The van der Waals surface area contributed by atoms with Crippen LogP contribution in [0.15, 0.2) is 24.4 Å². The van der Waals surface area contributed by atoms with Crippen LogP contribution in [0.4, 0.5) is 4.39 Å². The van der Waals surface area contributed by atoms with Gasteiger partial charge in [0.1, 0.15) is 5.82 Å². The fraction of sp³-hybridized carbons (Fsp3) is 0.556. The van der Waals surface area contributed by atoms with E-state index in [9.17, 15) is 4.39 Å². The SMILES string of the molecule is CCCn1cc(CNCC2CCNCC2)c2cc(F)ccc21. The van der Waals surface area contributed by atoms with Gasteiger partial charge in [0.15, 0.2) is 0 Å². The Hall–Kier alpha value is -1.39. The molecule has 2 heterocycles. The molecule has 22 heavy (non-hydrogen) atoms. The molecule has 0 unspecified atom stereocenters. The molecule has 1 aromatic heterocycles. The Kier molecular flexibility index (Phi) is 5.11. The van der Waals surface area contributed by atoms with Crippen LogP contribution in [0.5, 0.6) is 0 Å². The molecule has 1 saturated heterocycles. The van der Waals surface area contributed by atoms with E-state index in [1.54, 1.807) is 12.1 Å². The number of nitrogens with one attached hydrogen (secondary N) is 2. The minimum atomic E-state index is -0.152. The third-order valence-corrected chi connectivity index (χ3v) is 4.60. The number of halogens is 1. The molecule has 0 saturated carbocycles. The van der Waals surface area contributed by atoms with Gasteiger partial charge in [0, 0.05) is 30.2 Å². The van der Waals surface area contributed by atoms with Gasteiger partial charge in [-0.2, -0.15) is 0 Å². The number of nitrogens with zero attached hydrogens (tertiary/aromatic N) is 1. The van der Waals surface area contributed by atoms with E-state index < -0.39 is 0 Å². The van der Waals surface area contributed by atoms with E-state index in [-0.39, 0.29) is 5.82 Å². The highest BCUT2D eigenvalue weighted by Crippen LogP contribution is 2.23. The number of hydrogen-bond donors (Lipinski definition) is 2. The lowest BCUT2D eigenvalue weighted by atomic mass is 9.98. The Morgan fingerprint density at radius 3 is 2.91 bits per heavy atom. The van der Waals surface area contributed by atoms with Crippen molar-refractivity contribution in [3.8, 4) is 0 Å². The maximum absolute atomic E-state index is 13.6. The van der Waals surface area contributed by atoms with Gasteiger partial charge in [-0.15, -0.1) is 0 Å². The summed E-state index contributed by atoms with van der Waals surface area (Å²) in [5.74, 6) is 0.614. The zero-order valence-electron chi connectivity index (χ0n) is 13.4. The van der Waals surface area contributed by atoms with Crippen LogP contribution < -0.4 is 10.6 Å².